The van der Waals surface area contributed by atoms with Crippen molar-refractivity contribution in [2.45, 2.75) is 131 Å². The number of phenolic OH excluding ortho intramolecular Hbond substituents is 2. The minimum Gasteiger partial charge on any atom is -0.507 e. The van der Waals surface area contributed by atoms with Crippen LogP contribution in [0.15, 0.2) is 0 Å². The van der Waals surface area contributed by atoms with Crippen LogP contribution in [0.5, 0.6) is 23.0 Å². The number of phenols is 2. The number of unbranched alkanes of at least 4 members (excludes halogenated alkanes) is 2. The Morgan fingerprint density at radius 3 is 1.35 bits per heavy atom. The Hall–Kier alpha value is -1.72. The molecule has 0 bridgehead atoms. The summed E-state index contributed by atoms with van der Waals surface area (Å²) < 4.78 is 13.2. The zero-order chi connectivity index (χ0) is 28.5. The highest BCUT2D eigenvalue weighted by Gasteiger charge is 2.35. The summed E-state index contributed by atoms with van der Waals surface area (Å²) in [5.74, 6) is 5.32. The van der Waals surface area contributed by atoms with Crippen LogP contribution < -0.4 is 9.47 Å². The predicted octanol–water partition coefficient (Wildman–Crippen LogP) is 9.31. The SMILES string of the molecule is Cc1c(C)c2c(c(C)c1O)CCC(C)(CCCCSCCCCC1(C)CCc3c(C)c(O)c(C)c(C)c3O1)O2.Cl. The molecule has 40 heavy (non-hydrogen) atoms. The second-order valence-electron chi connectivity index (χ2n) is 12.7. The third kappa shape index (κ3) is 6.67. The van der Waals surface area contributed by atoms with Crippen molar-refractivity contribution in [1.82, 2.24) is 0 Å². The molecule has 2 N–H and O–H groups in total. The normalized spacial score (nSPS) is 21.6. The number of fused-ring (bicyclic) bond motifs is 2. The van der Waals surface area contributed by atoms with E-state index in [2.05, 4.69) is 39.5 Å². The molecule has 4 rings (SSSR count). The van der Waals surface area contributed by atoms with Gasteiger partial charge in [0, 0.05) is 11.1 Å². The maximum atomic E-state index is 10.4. The lowest BCUT2D eigenvalue weighted by atomic mass is 9.85. The highest BCUT2D eigenvalue weighted by molar-refractivity contribution is 7.99. The number of halogens is 1. The van der Waals surface area contributed by atoms with Gasteiger partial charge in [-0.2, -0.15) is 11.8 Å². The topological polar surface area (TPSA) is 58.9 Å². The molecule has 0 spiro atoms. The smallest absolute Gasteiger partial charge is 0.127 e. The third-order valence-electron chi connectivity index (χ3n) is 9.67. The van der Waals surface area contributed by atoms with Gasteiger partial charge < -0.3 is 19.7 Å². The number of thioether (sulfide) groups is 1. The van der Waals surface area contributed by atoms with Crippen molar-refractivity contribution in [2.24, 2.45) is 0 Å². The van der Waals surface area contributed by atoms with Crippen LogP contribution in [-0.2, 0) is 12.8 Å². The van der Waals surface area contributed by atoms with Gasteiger partial charge in [-0.25, -0.2) is 0 Å². The molecule has 2 aromatic carbocycles. The molecule has 2 atom stereocenters. The first-order chi connectivity index (χ1) is 18.4. The van der Waals surface area contributed by atoms with Gasteiger partial charge in [0.2, 0.25) is 0 Å². The molecule has 2 aromatic rings. The van der Waals surface area contributed by atoms with E-state index in [1.165, 1.54) is 48.3 Å². The monoisotopic (exact) mass is 590 g/mol. The number of hydrogen-bond acceptors (Lipinski definition) is 5. The summed E-state index contributed by atoms with van der Waals surface area (Å²) in [5.41, 5.74) is 8.21. The average molecular weight is 591 g/mol. The standard InChI is InChI=1S/C34H50O4S.ClH/c1-21-23(3)31-27(25(5)29(21)35)13-17-33(7,37-31)15-9-11-19-39-20-12-10-16-34(8)18-14-28-26(6)30(36)22(2)24(4)32(28)38-34;/h35-36H,9-20H2,1-8H3;1H. The number of rotatable bonds is 10. The Morgan fingerprint density at radius 2 is 0.975 bits per heavy atom. The summed E-state index contributed by atoms with van der Waals surface area (Å²) in [6.07, 6.45) is 11.0. The molecule has 2 aliphatic heterocycles. The van der Waals surface area contributed by atoms with Gasteiger partial charge >= 0.3 is 0 Å². The van der Waals surface area contributed by atoms with E-state index in [4.69, 9.17) is 9.47 Å². The van der Waals surface area contributed by atoms with Gasteiger partial charge in [-0.3, -0.25) is 0 Å². The van der Waals surface area contributed by atoms with Crippen LogP contribution in [0, 0.1) is 41.5 Å². The Kier molecular flexibility index (Phi) is 10.7. The minimum atomic E-state index is -0.111. The fourth-order valence-electron chi connectivity index (χ4n) is 6.45. The fourth-order valence-corrected chi connectivity index (χ4v) is 7.47. The molecule has 2 aliphatic rings. The van der Waals surface area contributed by atoms with E-state index in [1.807, 2.05) is 27.7 Å². The molecular formula is C34H51ClO4S. The molecule has 4 nitrogen and oxygen atoms in total. The van der Waals surface area contributed by atoms with Gasteiger partial charge in [0.1, 0.15) is 34.2 Å². The molecule has 6 heteroatoms. The largest absolute Gasteiger partial charge is 0.507 e. The fraction of sp³-hybridized carbons (Fsp3) is 0.647. The van der Waals surface area contributed by atoms with Crippen molar-refractivity contribution < 1.29 is 19.7 Å². The summed E-state index contributed by atoms with van der Waals surface area (Å²) in [6, 6.07) is 0. The zero-order valence-corrected chi connectivity index (χ0v) is 27.6. The molecule has 0 amide bonds. The maximum absolute atomic E-state index is 10.4. The van der Waals surface area contributed by atoms with E-state index in [1.54, 1.807) is 0 Å². The molecule has 0 aliphatic carbocycles. The molecule has 0 saturated heterocycles. The van der Waals surface area contributed by atoms with E-state index in [0.29, 0.717) is 11.5 Å². The first-order valence-electron chi connectivity index (χ1n) is 15.0. The van der Waals surface area contributed by atoms with Crippen LogP contribution in [0.25, 0.3) is 0 Å². The van der Waals surface area contributed by atoms with Gasteiger partial charge in [-0.05, 0) is 164 Å². The van der Waals surface area contributed by atoms with Crippen LogP contribution in [0.3, 0.4) is 0 Å². The molecule has 0 radical (unpaired) electrons. The summed E-state index contributed by atoms with van der Waals surface area (Å²) in [6.45, 7) is 16.7. The Labute approximate surface area is 253 Å². The summed E-state index contributed by atoms with van der Waals surface area (Å²) in [5, 5.41) is 20.9. The van der Waals surface area contributed by atoms with Crippen LogP contribution >= 0.6 is 24.2 Å². The van der Waals surface area contributed by atoms with Crippen molar-refractivity contribution in [2.75, 3.05) is 11.5 Å². The van der Waals surface area contributed by atoms with E-state index in [9.17, 15) is 10.2 Å². The van der Waals surface area contributed by atoms with Crippen LogP contribution in [0.2, 0.25) is 0 Å². The second-order valence-corrected chi connectivity index (χ2v) is 13.9. The first-order valence-corrected chi connectivity index (χ1v) is 16.1. The minimum absolute atomic E-state index is 0. The first kappa shape index (κ1) is 32.8. The number of benzene rings is 2. The van der Waals surface area contributed by atoms with Crippen molar-refractivity contribution in [3.05, 3.63) is 44.5 Å². The quantitative estimate of drug-likeness (QED) is 0.270. The van der Waals surface area contributed by atoms with Crippen LogP contribution in [0.4, 0.5) is 0 Å². The van der Waals surface area contributed by atoms with Crippen molar-refractivity contribution >= 4 is 24.2 Å². The van der Waals surface area contributed by atoms with Gasteiger partial charge in [0.25, 0.3) is 0 Å². The highest BCUT2D eigenvalue weighted by Crippen LogP contribution is 2.45. The van der Waals surface area contributed by atoms with Gasteiger partial charge in [-0.15, -0.1) is 12.4 Å². The Bertz CT molecular complexity index is 1130. The lowest BCUT2D eigenvalue weighted by molar-refractivity contribution is 0.0526. The lowest BCUT2D eigenvalue weighted by Gasteiger charge is -2.38. The summed E-state index contributed by atoms with van der Waals surface area (Å²) in [4.78, 5) is 0. The molecule has 224 valence electrons. The van der Waals surface area contributed by atoms with Gasteiger partial charge in [0.15, 0.2) is 0 Å². The molecule has 0 saturated carbocycles. The molecular weight excluding hydrogens is 540 g/mol. The maximum Gasteiger partial charge on any atom is 0.127 e. The van der Waals surface area contributed by atoms with E-state index in [-0.39, 0.29) is 23.6 Å². The van der Waals surface area contributed by atoms with E-state index in [0.717, 1.165) is 83.4 Å². The van der Waals surface area contributed by atoms with Crippen molar-refractivity contribution in [1.29, 1.82) is 0 Å². The number of hydrogen-bond donors (Lipinski definition) is 2. The number of aromatic hydroxyl groups is 2. The summed E-state index contributed by atoms with van der Waals surface area (Å²) in [7, 11) is 0. The molecule has 0 fully saturated rings. The molecule has 0 aromatic heterocycles. The highest BCUT2D eigenvalue weighted by atomic mass is 35.5. The lowest BCUT2D eigenvalue weighted by Crippen LogP contribution is -2.37. The van der Waals surface area contributed by atoms with Crippen LogP contribution in [0.1, 0.15) is 110 Å². The van der Waals surface area contributed by atoms with Crippen LogP contribution in [-0.4, -0.2) is 32.9 Å². The predicted molar refractivity (Wildman–Crippen MR) is 172 cm³/mol. The summed E-state index contributed by atoms with van der Waals surface area (Å²) >= 11 is 2.08. The number of ether oxygens (including phenoxy) is 2. The second kappa shape index (κ2) is 13.1. The average Bonchev–Trinajstić information content (AvgIpc) is 2.91. The van der Waals surface area contributed by atoms with Crippen molar-refractivity contribution in [3.63, 3.8) is 0 Å². The van der Waals surface area contributed by atoms with E-state index >= 15 is 0 Å². The van der Waals surface area contributed by atoms with Gasteiger partial charge in [0.05, 0.1) is 0 Å². The molecule has 2 unspecified atom stereocenters. The Morgan fingerprint density at radius 1 is 0.600 bits per heavy atom. The Balaban J connectivity index is 0.00000441. The molecule has 2 heterocycles. The zero-order valence-electron chi connectivity index (χ0n) is 26.0. The van der Waals surface area contributed by atoms with Crippen molar-refractivity contribution in [3.8, 4) is 23.0 Å². The van der Waals surface area contributed by atoms with E-state index < -0.39 is 0 Å². The van der Waals surface area contributed by atoms with Gasteiger partial charge in [-0.1, -0.05) is 0 Å². The third-order valence-corrected chi connectivity index (χ3v) is 10.8.